The van der Waals surface area contributed by atoms with Crippen molar-refractivity contribution in [2.24, 2.45) is 5.41 Å². The van der Waals surface area contributed by atoms with Crippen LogP contribution in [0.25, 0.3) is 10.8 Å². The van der Waals surface area contributed by atoms with E-state index in [0.717, 1.165) is 9.58 Å². The first-order valence-electron chi connectivity index (χ1n) is 13.9. The number of hydrogen-bond donors (Lipinski definition) is 0. The molecule has 0 radical (unpaired) electrons. The predicted molar refractivity (Wildman–Crippen MR) is 180 cm³/mol. The molecule has 2 aromatic carbocycles. The van der Waals surface area contributed by atoms with E-state index in [4.69, 9.17) is 0 Å². The molecule has 196 valence electrons. The van der Waals surface area contributed by atoms with Crippen LogP contribution in [0.3, 0.4) is 0 Å². The molecule has 1 aliphatic heterocycles. The maximum absolute atomic E-state index is 2.78. The molecule has 0 spiro atoms. The Morgan fingerprint density at radius 3 is 1.44 bits per heavy atom. The molecule has 1 heterocycles. The Balaban J connectivity index is 0.00000456. The number of hydrogen-bond acceptors (Lipinski definition) is 0. The van der Waals surface area contributed by atoms with Crippen molar-refractivity contribution < 1.29 is 18.9 Å². The van der Waals surface area contributed by atoms with E-state index in [9.17, 15) is 0 Å². The molecule has 0 aliphatic carbocycles. The molecule has 0 saturated heterocycles. The monoisotopic (exact) mass is 578 g/mol. The fourth-order valence-corrected chi connectivity index (χ4v) is 95.2. The zero-order valence-electron chi connectivity index (χ0n) is 26.8. The quantitative estimate of drug-likeness (QED) is 0.358. The standard InChI is InChI=1S/C29H55Si6.Li/c1-29(2,3)22-35(27(31(4,5)6)32(7,8)9,28(33(10,11)12)34(13,14)15)30-25-21-20-23-18-16-17-19-24(23)26(25)30;/h16-21,27-28H,22H2,1-15H3;/q-1;+1. The van der Waals surface area contributed by atoms with Crippen molar-refractivity contribution in [2.75, 3.05) is 0 Å². The second-order valence-electron chi connectivity index (χ2n) is 17.2. The molecule has 7 heteroatoms. The van der Waals surface area contributed by atoms with Crippen molar-refractivity contribution in [3.8, 4) is 0 Å². The largest absolute Gasteiger partial charge is 1.00 e. The van der Waals surface area contributed by atoms with Gasteiger partial charge in [-0.2, -0.15) is 0 Å². The minimum absolute atomic E-state index is 0. The minimum Gasteiger partial charge on any atom is -0.256 e. The van der Waals surface area contributed by atoms with Gasteiger partial charge in [0.05, 0.1) is 0 Å². The molecule has 0 saturated carbocycles. The molecule has 0 atom stereocenters. The number of fused-ring (bicyclic) bond motifs is 3. The second kappa shape index (κ2) is 10.2. The van der Waals surface area contributed by atoms with Gasteiger partial charge in [0.15, 0.2) is 0 Å². The van der Waals surface area contributed by atoms with E-state index >= 15 is 0 Å². The Morgan fingerprint density at radius 2 is 1.06 bits per heavy atom. The van der Waals surface area contributed by atoms with E-state index in [1.807, 2.05) is 10.4 Å². The van der Waals surface area contributed by atoms with Crippen molar-refractivity contribution in [3.05, 3.63) is 36.4 Å². The predicted octanol–water partition coefficient (Wildman–Crippen LogP) is 5.59. The van der Waals surface area contributed by atoms with Gasteiger partial charge in [-0.25, -0.2) is 10.4 Å². The van der Waals surface area contributed by atoms with Crippen LogP contribution in [0, 0.1) is 5.41 Å². The first-order chi connectivity index (χ1) is 15.5. The Kier molecular flexibility index (Phi) is 9.31. The van der Waals surface area contributed by atoms with Crippen molar-refractivity contribution in [3.63, 3.8) is 0 Å². The van der Waals surface area contributed by atoms with Crippen LogP contribution in [0.15, 0.2) is 36.4 Å². The average molecular weight is 579 g/mol. The summed E-state index contributed by atoms with van der Waals surface area (Å²) in [5.41, 5.74) is 0.398. The zero-order valence-corrected chi connectivity index (χ0v) is 32.8. The molecule has 1 aliphatic rings. The van der Waals surface area contributed by atoms with E-state index in [1.54, 1.807) is 11.4 Å². The molecule has 0 fully saturated rings. The molecule has 0 nitrogen and oxygen atoms in total. The maximum atomic E-state index is 2.78. The van der Waals surface area contributed by atoms with Gasteiger partial charge in [0.2, 0.25) is 0 Å². The summed E-state index contributed by atoms with van der Waals surface area (Å²) in [6.07, 6.45) is 0. The van der Waals surface area contributed by atoms with Crippen molar-refractivity contribution in [2.45, 2.75) is 115 Å². The van der Waals surface area contributed by atoms with Crippen LogP contribution < -0.4 is 29.2 Å². The van der Waals surface area contributed by atoms with E-state index in [-0.39, 0.29) is 18.9 Å². The van der Waals surface area contributed by atoms with E-state index in [0.29, 0.717) is 5.41 Å². The normalized spacial score (nSPS) is 15.4. The van der Waals surface area contributed by atoms with Crippen molar-refractivity contribution in [1.82, 2.24) is 0 Å². The van der Waals surface area contributed by atoms with Crippen molar-refractivity contribution in [1.29, 1.82) is 0 Å². The Bertz CT molecular complexity index is 1020. The molecular weight excluding hydrogens is 524 g/mol. The molecule has 0 unspecified atom stereocenters. The first kappa shape index (κ1) is 32.8. The smallest absolute Gasteiger partial charge is 0.256 e. The fraction of sp³-hybridized carbons (Fsp3) is 0.655. The zero-order chi connectivity index (χ0) is 27.0. The van der Waals surface area contributed by atoms with Gasteiger partial charge in [-0.15, -0.1) is 0 Å². The summed E-state index contributed by atoms with van der Waals surface area (Å²) in [6.45, 7) is 41.1. The van der Waals surface area contributed by atoms with Gasteiger partial charge in [-0.3, -0.25) is 8.31 Å². The van der Waals surface area contributed by atoms with Gasteiger partial charge in [-0.1, -0.05) is 164 Å². The maximum Gasteiger partial charge on any atom is 1.00 e. The average Bonchev–Trinajstić information content (AvgIpc) is 3.30. The summed E-state index contributed by atoms with van der Waals surface area (Å²) in [5, 5.41) is 6.87. The Morgan fingerprint density at radius 1 is 0.639 bits per heavy atom. The van der Waals surface area contributed by atoms with Gasteiger partial charge in [-0.05, 0) is 10.8 Å². The third kappa shape index (κ3) is 6.32. The summed E-state index contributed by atoms with van der Waals surface area (Å²) in [4.78, 5) is 2.15. The van der Waals surface area contributed by atoms with Crippen LogP contribution in [0.4, 0.5) is 0 Å². The first-order valence-corrected chi connectivity index (χ1v) is 33.1. The number of benzene rings is 2. The summed E-state index contributed by atoms with van der Waals surface area (Å²) in [5.74, 6) is 0. The van der Waals surface area contributed by atoms with E-state index in [2.05, 4.69) is 136 Å². The fourth-order valence-electron chi connectivity index (χ4n) is 9.49. The van der Waals surface area contributed by atoms with Crippen LogP contribution in [0.5, 0.6) is 0 Å². The molecule has 3 rings (SSSR count). The molecule has 0 bridgehead atoms. The van der Waals surface area contributed by atoms with Crippen LogP contribution in [0.2, 0.25) is 94.2 Å². The van der Waals surface area contributed by atoms with Gasteiger partial charge >= 0.3 is 18.9 Å². The minimum atomic E-state index is -1.77. The molecular formula is C29H55LiSi6. The molecule has 0 aromatic heterocycles. The second-order valence-corrected chi connectivity index (χ2v) is 51.6. The van der Waals surface area contributed by atoms with Crippen molar-refractivity contribution >= 4 is 69.3 Å². The molecule has 36 heavy (non-hydrogen) atoms. The molecule has 0 amide bonds. The Hall–Kier alpha value is 0.599. The number of rotatable bonds is 8. The molecule has 0 N–H and O–H groups in total. The third-order valence-electron chi connectivity index (χ3n) is 8.17. The summed E-state index contributed by atoms with van der Waals surface area (Å²) in [6, 6.07) is 16.0. The van der Waals surface area contributed by atoms with E-state index in [1.165, 1.54) is 5.39 Å². The van der Waals surface area contributed by atoms with Crippen LogP contribution in [0.1, 0.15) is 20.8 Å². The van der Waals surface area contributed by atoms with Gasteiger partial charge in [0.25, 0.3) is 0 Å². The summed E-state index contributed by atoms with van der Waals surface area (Å²) < 4.78 is 0. The topological polar surface area (TPSA) is 0 Å². The Labute approximate surface area is 243 Å². The van der Waals surface area contributed by atoms with Crippen LogP contribution in [-0.4, -0.2) is 48.2 Å². The summed E-state index contributed by atoms with van der Waals surface area (Å²) in [7, 11) is -8.07. The van der Waals surface area contributed by atoms with Crippen LogP contribution >= 0.6 is 0 Å². The van der Waals surface area contributed by atoms with E-state index < -0.39 is 48.2 Å². The van der Waals surface area contributed by atoms with Gasteiger partial charge in [0, 0.05) is 32.3 Å². The van der Waals surface area contributed by atoms with Gasteiger partial charge in [0.1, 0.15) is 0 Å². The van der Waals surface area contributed by atoms with Crippen LogP contribution in [-0.2, 0) is 0 Å². The van der Waals surface area contributed by atoms with Gasteiger partial charge < -0.3 is 0 Å². The third-order valence-corrected chi connectivity index (χ3v) is 58.5. The SMILES string of the molecule is CC(C)(C)C[Si](C([Si](C)(C)C)[Si](C)(C)C)(C([Si](C)(C)C)[Si](C)(C)C)[Si-]1c2ccc3ccccc3c21.[Li+]. The summed E-state index contributed by atoms with van der Waals surface area (Å²) >= 11 is 0. The molecule has 2 aromatic rings.